The lowest BCUT2D eigenvalue weighted by Crippen LogP contribution is -1.92. The van der Waals surface area contributed by atoms with Gasteiger partial charge in [-0.05, 0) is 42.3 Å². The van der Waals surface area contributed by atoms with E-state index in [-0.39, 0.29) is 5.82 Å². The number of hydrogen-bond donors (Lipinski definition) is 0. The van der Waals surface area contributed by atoms with Gasteiger partial charge in [0.15, 0.2) is 0 Å². The summed E-state index contributed by atoms with van der Waals surface area (Å²) >= 11 is 0. The predicted molar refractivity (Wildman–Crippen MR) is 75.4 cm³/mol. The number of nitrogens with zero attached hydrogens (tertiary/aromatic N) is 2. The molecule has 0 aliphatic heterocycles. The fourth-order valence-electron chi connectivity index (χ4n) is 2.03. The Bertz CT molecular complexity index is 758. The first kappa shape index (κ1) is 12.5. The van der Waals surface area contributed by atoms with Crippen molar-refractivity contribution in [3.05, 3.63) is 60.2 Å². The van der Waals surface area contributed by atoms with E-state index in [2.05, 4.69) is 16.9 Å². The Kier molecular flexibility index (Phi) is 3.29. The average molecular weight is 268 g/mol. The Labute approximate surface area is 116 Å². The second-order valence-corrected chi connectivity index (χ2v) is 4.44. The maximum atomic E-state index is 13.4. The van der Waals surface area contributed by atoms with Gasteiger partial charge in [-0.2, -0.15) is 0 Å². The maximum Gasteiger partial charge on any atom is 0.230 e. The molecule has 20 heavy (non-hydrogen) atoms. The molecule has 0 saturated heterocycles. The molecule has 100 valence electrons. The molecule has 0 saturated carbocycles. The van der Waals surface area contributed by atoms with Crippen molar-refractivity contribution >= 4 is 10.9 Å². The van der Waals surface area contributed by atoms with E-state index < -0.39 is 0 Å². The lowest BCUT2D eigenvalue weighted by atomic mass is 10.2. The van der Waals surface area contributed by atoms with Gasteiger partial charge in [-0.25, -0.2) is 14.4 Å². The standard InChI is InChI=1S/C16H13FN2O/c1-2-11-4-3-5-13(8-11)20-16-14-9-12(17)6-7-15(14)18-10-19-16/h3-10H,2H2,1H3. The van der Waals surface area contributed by atoms with E-state index in [0.717, 1.165) is 6.42 Å². The van der Waals surface area contributed by atoms with Crippen LogP contribution < -0.4 is 4.74 Å². The summed E-state index contributed by atoms with van der Waals surface area (Å²) in [5.41, 5.74) is 1.83. The largest absolute Gasteiger partial charge is 0.438 e. The van der Waals surface area contributed by atoms with Crippen LogP contribution in [0.3, 0.4) is 0 Å². The van der Waals surface area contributed by atoms with Gasteiger partial charge in [0.1, 0.15) is 17.9 Å². The van der Waals surface area contributed by atoms with Gasteiger partial charge in [0, 0.05) is 0 Å². The summed E-state index contributed by atoms with van der Waals surface area (Å²) in [5.74, 6) is 0.718. The Morgan fingerprint density at radius 1 is 1.10 bits per heavy atom. The van der Waals surface area contributed by atoms with Crippen LogP contribution in [0.1, 0.15) is 12.5 Å². The Hall–Kier alpha value is -2.49. The van der Waals surface area contributed by atoms with Crippen LogP contribution in [0.25, 0.3) is 10.9 Å². The third-order valence-corrected chi connectivity index (χ3v) is 3.08. The number of rotatable bonds is 3. The van der Waals surface area contributed by atoms with Crippen molar-refractivity contribution in [1.29, 1.82) is 0 Å². The third kappa shape index (κ3) is 2.45. The van der Waals surface area contributed by atoms with Gasteiger partial charge in [0.2, 0.25) is 5.88 Å². The van der Waals surface area contributed by atoms with Crippen LogP contribution in [-0.2, 0) is 6.42 Å². The molecule has 0 unspecified atom stereocenters. The summed E-state index contributed by atoms with van der Waals surface area (Å²) in [7, 11) is 0. The molecule has 1 heterocycles. The molecule has 0 amide bonds. The van der Waals surface area contributed by atoms with E-state index >= 15 is 0 Å². The Morgan fingerprint density at radius 2 is 2.00 bits per heavy atom. The smallest absolute Gasteiger partial charge is 0.230 e. The summed E-state index contributed by atoms with van der Waals surface area (Å²) in [4.78, 5) is 8.20. The lowest BCUT2D eigenvalue weighted by molar-refractivity contribution is 0.467. The number of ether oxygens (including phenoxy) is 1. The number of halogens is 1. The molecule has 0 N–H and O–H groups in total. The first-order valence-corrected chi connectivity index (χ1v) is 6.43. The van der Waals surface area contributed by atoms with Crippen LogP contribution >= 0.6 is 0 Å². The van der Waals surface area contributed by atoms with E-state index in [1.165, 1.54) is 24.0 Å². The van der Waals surface area contributed by atoms with E-state index in [1.807, 2.05) is 24.3 Å². The maximum absolute atomic E-state index is 13.4. The van der Waals surface area contributed by atoms with E-state index in [1.54, 1.807) is 6.07 Å². The SMILES string of the molecule is CCc1cccc(Oc2ncnc3ccc(F)cc23)c1. The molecule has 1 aromatic heterocycles. The molecule has 0 spiro atoms. The highest BCUT2D eigenvalue weighted by atomic mass is 19.1. The van der Waals surface area contributed by atoms with Gasteiger partial charge in [-0.1, -0.05) is 19.1 Å². The highest BCUT2D eigenvalue weighted by Gasteiger charge is 2.07. The molecular formula is C16H13FN2O. The highest BCUT2D eigenvalue weighted by Crippen LogP contribution is 2.27. The van der Waals surface area contributed by atoms with Gasteiger partial charge >= 0.3 is 0 Å². The summed E-state index contributed by atoms with van der Waals surface area (Å²) in [5, 5.41) is 0.564. The molecule has 4 heteroatoms. The van der Waals surface area contributed by atoms with Crippen LogP contribution in [0.5, 0.6) is 11.6 Å². The summed E-state index contributed by atoms with van der Waals surface area (Å²) in [6.45, 7) is 2.08. The molecule has 0 bridgehead atoms. The zero-order chi connectivity index (χ0) is 13.9. The van der Waals surface area contributed by atoms with Gasteiger partial charge in [0.05, 0.1) is 10.9 Å². The minimum atomic E-state index is -0.334. The highest BCUT2D eigenvalue weighted by molar-refractivity contribution is 5.83. The normalized spacial score (nSPS) is 10.7. The molecule has 0 aliphatic carbocycles. The molecule has 2 aromatic carbocycles. The number of fused-ring (bicyclic) bond motifs is 1. The zero-order valence-corrected chi connectivity index (χ0v) is 11.0. The number of aromatic nitrogens is 2. The monoisotopic (exact) mass is 268 g/mol. The number of benzene rings is 2. The second-order valence-electron chi connectivity index (χ2n) is 4.44. The van der Waals surface area contributed by atoms with Gasteiger partial charge in [0.25, 0.3) is 0 Å². The van der Waals surface area contributed by atoms with Gasteiger partial charge in [-0.15, -0.1) is 0 Å². The summed E-state index contributed by atoms with van der Waals surface area (Å²) in [6, 6.07) is 12.1. The zero-order valence-electron chi connectivity index (χ0n) is 11.0. The van der Waals surface area contributed by atoms with Crippen LogP contribution in [0.4, 0.5) is 4.39 Å². The minimum Gasteiger partial charge on any atom is -0.438 e. The fourth-order valence-corrected chi connectivity index (χ4v) is 2.03. The first-order valence-electron chi connectivity index (χ1n) is 6.43. The van der Waals surface area contributed by atoms with Crippen LogP contribution in [-0.4, -0.2) is 9.97 Å². The van der Waals surface area contributed by atoms with Crippen molar-refractivity contribution in [1.82, 2.24) is 9.97 Å². The van der Waals surface area contributed by atoms with Crippen molar-refractivity contribution in [3.63, 3.8) is 0 Å². The molecule has 0 fully saturated rings. The molecular weight excluding hydrogens is 255 g/mol. The van der Waals surface area contributed by atoms with Crippen molar-refractivity contribution in [3.8, 4) is 11.6 Å². The Morgan fingerprint density at radius 3 is 2.85 bits per heavy atom. The van der Waals surface area contributed by atoms with Crippen LogP contribution in [0, 0.1) is 5.82 Å². The average Bonchev–Trinajstić information content (AvgIpc) is 2.48. The predicted octanol–water partition coefficient (Wildman–Crippen LogP) is 4.12. The quantitative estimate of drug-likeness (QED) is 0.716. The van der Waals surface area contributed by atoms with E-state index in [4.69, 9.17) is 4.74 Å². The minimum absolute atomic E-state index is 0.334. The third-order valence-electron chi connectivity index (χ3n) is 3.08. The molecule has 3 aromatic rings. The van der Waals surface area contributed by atoms with Gasteiger partial charge < -0.3 is 4.74 Å². The van der Waals surface area contributed by atoms with Crippen molar-refractivity contribution in [2.75, 3.05) is 0 Å². The van der Waals surface area contributed by atoms with Gasteiger partial charge in [-0.3, -0.25) is 0 Å². The number of hydrogen-bond acceptors (Lipinski definition) is 3. The van der Waals surface area contributed by atoms with Crippen molar-refractivity contribution in [2.45, 2.75) is 13.3 Å². The molecule has 3 nitrogen and oxygen atoms in total. The Balaban J connectivity index is 2.03. The fraction of sp³-hybridized carbons (Fsp3) is 0.125. The van der Waals surface area contributed by atoms with Crippen LogP contribution in [0.2, 0.25) is 0 Å². The molecule has 3 rings (SSSR count). The first-order chi connectivity index (χ1) is 9.76. The molecule has 0 radical (unpaired) electrons. The summed E-state index contributed by atoms with van der Waals surface area (Å²) < 4.78 is 19.1. The summed E-state index contributed by atoms with van der Waals surface area (Å²) in [6.07, 6.45) is 2.34. The molecule has 0 aliphatic rings. The van der Waals surface area contributed by atoms with Crippen LogP contribution in [0.15, 0.2) is 48.8 Å². The second kappa shape index (κ2) is 5.25. The van der Waals surface area contributed by atoms with Crippen molar-refractivity contribution < 1.29 is 9.13 Å². The van der Waals surface area contributed by atoms with E-state index in [0.29, 0.717) is 22.5 Å². The molecule has 0 atom stereocenters. The van der Waals surface area contributed by atoms with Crippen molar-refractivity contribution in [2.24, 2.45) is 0 Å². The number of aryl methyl sites for hydroxylation is 1. The van der Waals surface area contributed by atoms with E-state index in [9.17, 15) is 4.39 Å². The lowest BCUT2D eigenvalue weighted by Gasteiger charge is -2.08. The topological polar surface area (TPSA) is 35.0 Å².